The number of morpholine rings is 1. The second-order valence-corrected chi connectivity index (χ2v) is 8.75. The van der Waals surface area contributed by atoms with E-state index in [1.165, 1.54) is 28.6 Å². The summed E-state index contributed by atoms with van der Waals surface area (Å²) in [5.41, 5.74) is 0.748. The summed E-state index contributed by atoms with van der Waals surface area (Å²) in [6.07, 6.45) is 0. The van der Waals surface area contributed by atoms with Crippen LogP contribution in [0.2, 0.25) is 0 Å². The van der Waals surface area contributed by atoms with Crippen LogP contribution in [0.1, 0.15) is 36.0 Å². The number of furan rings is 1. The minimum atomic E-state index is -3.81. The standard InChI is InChI=1S/C19H23FN2O5S/c1-13(2)18(14-3-5-15(20)6-4-14)21-19(23)16-7-8-17(27-16)28(24,25)22-9-11-26-12-10-22/h3-8,13,18H,9-12H2,1-2H3,(H,21,23). The quantitative estimate of drug-likeness (QED) is 0.791. The maximum Gasteiger partial charge on any atom is 0.287 e. The first-order valence-electron chi connectivity index (χ1n) is 9.03. The van der Waals surface area contributed by atoms with Crippen molar-refractivity contribution in [1.82, 2.24) is 9.62 Å². The molecule has 9 heteroatoms. The third-order valence-corrected chi connectivity index (χ3v) is 6.32. The van der Waals surface area contributed by atoms with Crippen LogP contribution in [0.5, 0.6) is 0 Å². The van der Waals surface area contributed by atoms with Crippen LogP contribution >= 0.6 is 0 Å². The molecule has 1 aromatic heterocycles. The number of amides is 1. The molecule has 28 heavy (non-hydrogen) atoms. The van der Waals surface area contributed by atoms with Crippen molar-refractivity contribution in [3.05, 3.63) is 53.5 Å². The van der Waals surface area contributed by atoms with Crippen LogP contribution in [0.4, 0.5) is 4.39 Å². The van der Waals surface area contributed by atoms with Crippen LogP contribution < -0.4 is 5.32 Å². The normalized spacial score (nSPS) is 16.9. The van der Waals surface area contributed by atoms with Crippen LogP contribution in [0.25, 0.3) is 0 Å². The van der Waals surface area contributed by atoms with Gasteiger partial charge < -0.3 is 14.5 Å². The summed E-state index contributed by atoms with van der Waals surface area (Å²) in [6.45, 7) is 4.96. The SMILES string of the molecule is CC(C)C(NC(=O)c1ccc(S(=O)(=O)N2CCOCC2)o1)c1ccc(F)cc1. The molecule has 7 nitrogen and oxygen atoms in total. The van der Waals surface area contributed by atoms with E-state index in [4.69, 9.17) is 9.15 Å². The second kappa shape index (κ2) is 8.42. The smallest absolute Gasteiger partial charge is 0.287 e. The number of rotatable bonds is 6. The maximum absolute atomic E-state index is 13.2. The highest BCUT2D eigenvalue weighted by atomic mass is 32.2. The van der Waals surface area contributed by atoms with Gasteiger partial charge in [-0.05, 0) is 35.7 Å². The Hall–Kier alpha value is -2.23. The van der Waals surface area contributed by atoms with Crippen LogP contribution in [-0.2, 0) is 14.8 Å². The molecule has 2 heterocycles. The molecule has 152 valence electrons. The average Bonchev–Trinajstić information content (AvgIpc) is 3.18. The lowest BCUT2D eigenvalue weighted by atomic mass is 9.96. The average molecular weight is 410 g/mol. The molecule has 1 aliphatic rings. The zero-order valence-electron chi connectivity index (χ0n) is 15.7. The third-order valence-electron chi connectivity index (χ3n) is 4.55. The Morgan fingerprint density at radius 2 is 1.75 bits per heavy atom. The van der Waals surface area contributed by atoms with Gasteiger partial charge in [0.15, 0.2) is 5.76 Å². The van der Waals surface area contributed by atoms with E-state index in [1.54, 1.807) is 12.1 Å². The van der Waals surface area contributed by atoms with Crippen LogP contribution in [0, 0.1) is 11.7 Å². The molecular formula is C19H23FN2O5S. The van der Waals surface area contributed by atoms with Gasteiger partial charge in [-0.2, -0.15) is 4.31 Å². The van der Waals surface area contributed by atoms with Gasteiger partial charge in [-0.3, -0.25) is 4.79 Å². The highest BCUT2D eigenvalue weighted by Gasteiger charge is 2.30. The predicted octanol–water partition coefficient (Wildman–Crippen LogP) is 2.57. The maximum atomic E-state index is 13.2. The van der Waals surface area contributed by atoms with Crippen molar-refractivity contribution in [2.75, 3.05) is 26.3 Å². The fraction of sp³-hybridized carbons (Fsp3) is 0.421. The summed E-state index contributed by atoms with van der Waals surface area (Å²) in [6, 6.07) is 8.12. The van der Waals surface area contributed by atoms with E-state index in [2.05, 4.69) is 5.32 Å². The largest absolute Gasteiger partial charge is 0.438 e. The lowest BCUT2D eigenvalue weighted by Gasteiger charge is -2.24. The van der Waals surface area contributed by atoms with Gasteiger partial charge in [0.2, 0.25) is 5.09 Å². The molecule has 1 saturated heterocycles. The summed E-state index contributed by atoms with van der Waals surface area (Å²) >= 11 is 0. The Labute approximate surface area is 163 Å². The minimum absolute atomic E-state index is 0.0286. The van der Waals surface area contributed by atoms with Crippen molar-refractivity contribution in [2.45, 2.75) is 25.0 Å². The molecule has 1 unspecified atom stereocenters. The first-order valence-corrected chi connectivity index (χ1v) is 10.5. The Balaban J connectivity index is 1.76. The summed E-state index contributed by atoms with van der Waals surface area (Å²) < 4.78 is 50.2. The fourth-order valence-electron chi connectivity index (χ4n) is 3.01. The van der Waals surface area contributed by atoms with E-state index in [-0.39, 0.29) is 41.7 Å². The Morgan fingerprint density at radius 3 is 2.36 bits per heavy atom. The molecule has 0 spiro atoms. The third kappa shape index (κ3) is 4.43. The predicted molar refractivity (Wildman–Crippen MR) is 99.7 cm³/mol. The number of hydrogen-bond acceptors (Lipinski definition) is 5. The van der Waals surface area contributed by atoms with Gasteiger partial charge in [0.25, 0.3) is 15.9 Å². The molecule has 1 fully saturated rings. The second-order valence-electron chi connectivity index (χ2n) is 6.88. The fourth-order valence-corrected chi connectivity index (χ4v) is 4.33. The molecule has 3 rings (SSSR count). The molecule has 1 aromatic carbocycles. The van der Waals surface area contributed by atoms with E-state index in [1.807, 2.05) is 13.8 Å². The number of nitrogens with zero attached hydrogens (tertiary/aromatic N) is 1. The molecule has 0 radical (unpaired) electrons. The van der Waals surface area contributed by atoms with Crippen LogP contribution in [0.15, 0.2) is 45.9 Å². The number of benzene rings is 1. The van der Waals surface area contributed by atoms with Crippen LogP contribution in [0.3, 0.4) is 0 Å². The highest BCUT2D eigenvalue weighted by molar-refractivity contribution is 7.89. The molecule has 1 amide bonds. The van der Waals surface area contributed by atoms with Crippen molar-refractivity contribution in [3.8, 4) is 0 Å². The number of carbonyl (C=O) groups excluding carboxylic acids is 1. The number of halogens is 1. The number of sulfonamides is 1. The Morgan fingerprint density at radius 1 is 1.11 bits per heavy atom. The minimum Gasteiger partial charge on any atom is -0.438 e. The van der Waals surface area contributed by atoms with Gasteiger partial charge in [-0.25, -0.2) is 12.8 Å². The van der Waals surface area contributed by atoms with Crippen molar-refractivity contribution in [3.63, 3.8) is 0 Å². The highest BCUT2D eigenvalue weighted by Crippen LogP contribution is 2.24. The Kier molecular flexibility index (Phi) is 6.17. The lowest BCUT2D eigenvalue weighted by Crippen LogP contribution is -2.40. The van der Waals surface area contributed by atoms with Gasteiger partial charge in [-0.1, -0.05) is 26.0 Å². The summed E-state index contributed by atoms with van der Waals surface area (Å²) in [5, 5.41) is 2.55. The van der Waals surface area contributed by atoms with Crippen molar-refractivity contribution < 1.29 is 26.8 Å². The zero-order chi connectivity index (χ0) is 20.3. The molecule has 1 atom stereocenters. The van der Waals surface area contributed by atoms with Gasteiger partial charge in [0.1, 0.15) is 5.82 Å². The van der Waals surface area contributed by atoms with Crippen molar-refractivity contribution in [2.24, 2.45) is 5.92 Å². The van der Waals surface area contributed by atoms with Crippen molar-refractivity contribution >= 4 is 15.9 Å². The van der Waals surface area contributed by atoms with E-state index in [9.17, 15) is 17.6 Å². The zero-order valence-corrected chi connectivity index (χ0v) is 16.5. The Bertz CT molecular complexity index is 918. The number of carbonyl (C=O) groups is 1. The lowest BCUT2D eigenvalue weighted by molar-refractivity contribution is 0.0722. The molecule has 1 N–H and O–H groups in total. The number of ether oxygens (including phenoxy) is 1. The van der Waals surface area contributed by atoms with Gasteiger partial charge in [-0.15, -0.1) is 0 Å². The van der Waals surface area contributed by atoms with E-state index < -0.39 is 15.9 Å². The number of nitrogens with one attached hydrogen (secondary N) is 1. The van der Waals surface area contributed by atoms with Gasteiger partial charge in [0.05, 0.1) is 19.3 Å². The van der Waals surface area contributed by atoms with Gasteiger partial charge >= 0.3 is 0 Å². The molecular weight excluding hydrogens is 387 g/mol. The molecule has 0 aliphatic carbocycles. The van der Waals surface area contributed by atoms with Crippen molar-refractivity contribution in [1.29, 1.82) is 0 Å². The van der Waals surface area contributed by atoms with E-state index >= 15 is 0 Å². The van der Waals surface area contributed by atoms with Crippen LogP contribution in [-0.4, -0.2) is 44.9 Å². The molecule has 1 aliphatic heterocycles. The number of hydrogen-bond donors (Lipinski definition) is 1. The summed E-state index contributed by atoms with van der Waals surface area (Å²) in [5.74, 6) is -0.964. The molecule has 0 saturated carbocycles. The first-order chi connectivity index (χ1) is 13.3. The van der Waals surface area contributed by atoms with E-state index in [0.717, 1.165) is 5.56 Å². The topological polar surface area (TPSA) is 88.9 Å². The summed E-state index contributed by atoms with van der Waals surface area (Å²) in [4.78, 5) is 12.6. The summed E-state index contributed by atoms with van der Waals surface area (Å²) in [7, 11) is -3.81. The monoisotopic (exact) mass is 410 g/mol. The van der Waals surface area contributed by atoms with Gasteiger partial charge in [0, 0.05) is 13.1 Å². The first kappa shape index (κ1) is 20.5. The molecule has 2 aromatic rings. The molecule has 0 bridgehead atoms. The van der Waals surface area contributed by atoms with E-state index in [0.29, 0.717) is 13.2 Å².